The number of carbonyl (C=O) groups excluding carboxylic acids is 1. The lowest BCUT2D eigenvalue weighted by atomic mass is 9.53. The van der Waals surface area contributed by atoms with Crippen molar-refractivity contribution in [2.45, 2.75) is 65.6 Å². The second-order valence-corrected chi connectivity index (χ2v) is 7.90. The van der Waals surface area contributed by atoms with Gasteiger partial charge in [0.1, 0.15) is 12.2 Å². The Morgan fingerprint density at radius 2 is 2.17 bits per heavy atom. The van der Waals surface area contributed by atoms with Gasteiger partial charge in [-0.2, -0.15) is 0 Å². The van der Waals surface area contributed by atoms with Crippen LogP contribution in [0.4, 0.5) is 0 Å². The van der Waals surface area contributed by atoms with Gasteiger partial charge in [-0.25, -0.2) is 4.79 Å². The standard InChI is InChI=1S/C19H26O3S/c1-5-6-17(23)21-15-8-7-13-9-16-14(11(2)18(20)22-16)10-19(13,4)12(15)3/h5-6,12-13,15-16H,7-10H2,1-4H3/t12-,13+,15+,16+,19+/m0/s1. The molecule has 0 unspecified atom stereocenters. The van der Waals surface area contributed by atoms with Gasteiger partial charge < -0.3 is 9.47 Å². The Hall–Kier alpha value is -1.16. The Bertz CT molecular complexity index is 591. The molecule has 126 valence electrons. The van der Waals surface area contributed by atoms with E-state index in [1.54, 1.807) is 0 Å². The van der Waals surface area contributed by atoms with E-state index in [9.17, 15) is 4.79 Å². The maximum Gasteiger partial charge on any atom is 0.334 e. The first-order valence-corrected chi connectivity index (χ1v) is 9.01. The molecule has 0 N–H and O–H groups in total. The Morgan fingerprint density at radius 1 is 1.43 bits per heavy atom. The summed E-state index contributed by atoms with van der Waals surface area (Å²) >= 11 is 5.30. The number of esters is 1. The molecule has 0 aromatic rings. The van der Waals surface area contributed by atoms with Gasteiger partial charge in [0, 0.05) is 5.57 Å². The fourth-order valence-corrected chi connectivity index (χ4v) is 4.95. The van der Waals surface area contributed by atoms with Crippen LogP contribution in [0.15, 0.2) is 23.3 Å². The molecule has 0 spiro atoms. The lowest BCUT2D eigenvalue weighted by Gasteiger charge is -2.53. The summed E-state index contributed by atoms with van der Waals surface area (Å²) in [5, 5.41) is 0.579. The van der Waals surface area contributed by atoms with Crippen LogP contribution in [0.1, 0.15) is 53.4 Å². The second-order valence-electron chi connectivity index (χ2n) is 7.50. The highest BCUT2D eigenvalue weighted by atomic mass is 32.1. The average Bonchev–Trinajstić information content (AvgIpc) is 2.76. The predicted molar refractivity (Wildman–Crippen MR) is 94.1 cm³/mol. The topological polar surface area (TPSA) is 35.5 Å². The van der Waals surface area contributed by atoms with Crippen LogP contribution >= 0.6 is 12.2 Å². The number of fused-ring (bicyclic) bond motifs is 2. The van der Waals surface area contributed by atoms with Gasteiger partial charge in [0.05, 0.1) is 0 Å². The normalized spacial score (nSPS) is 39.9. The second kappa shape index (κ2) is 6.04. The highest BCUT2D eigenvalue weighted by molar-refractivity contribution is 7.80. The zero-order valence-electron chi connectivity index (χ0n) is 14.4. The van der Waals surface area contributed by atoms with Gasteiger partial charge in [0.2, 0.25) is 0 Å². The van der Waals surface area contributed by atoms with Crippen LogP contribution < -0.4 is 0 Å². The third-order valence-electron chi connectivity index (χ3n) is 6.40. The first kappa shape index (κ1) is 16.7. The van der Waals surface area contributed by atoms with Crippen molar-refractivity contribution >= 4 is 23.2 Å². The molecule has 0 radical (unpaired) electrons. The molecule has 1 heterocycles. The summed E-state index contributed by atoms with van der Waals surface area (Å²) in [7, 11) is 0. The van der Waals surface area contributed by atoms with Crippen LogP contribution in [-0.2, 0) is 14.3 Å². The molecular weight excluding hydrogens is 308 g/mol. The molecule has 1 aliphatic heterocycles. The van der Waals surface area contributed by atoms with E-state index >= 15 is 0 Å². The van der Waals surface area contributed by atoms with Crippen LogP contribution in [-0.4, -0.2) is 23.2 Å². The molecule has 2 aliphatic carbocycles. The SMILES string of the molecule is CC=CC(=S)O[C@@H]1CC[C@@H]2C[C@H]3OC(=O)C(C)=C3C[C@]2(C)[C@H]1C. The Balaban J connectivity index is 1.82. The van der Waals surface area contributed by atoms with E-state index in [4.69, 9.17) is 21.7 Å². The summed E-state index contributed by atoms with van der Waals surface area (Å²) in [5.41, 5.74) is 2.20. The summed E-state index contributed by atoms with van der Waals surface area (Å²) in [4.78, 5) is 11.9. The van der Waals surface area contributed by atoms with Crippen LogP contribution in [0.5, 0.6) is 0 Å². The molecule has 0 bridgehead atoms. The van der Waals surface area contributed by atoms with E-state index < -0.39 is 0 Å². The third-order valence-corrected chi connectivity index (χ3v) is 6.63. The maximum atomic E-state index is 11.9. The first-order valence-electron chi connectivity index (χ1n) is 8.60. The van der Waals surface area contributed by atoms with E-state index in [0.717, 1.165) is 31.3 Å². The smallest absolute Gasteiger partial charge is 0.334 e. The van der Waals surface area contributed by atoms with Crippen LogP contribution in [0.3, 0.4) is 0 Å². The van der Waals surface area contributed by atoms with Crippen molar-refractivity contribution in [2.24, 2.45) is 17.3 Å². The van der Waals surface area contributed by atoms with Crippen molar-refractivity contribution < 1.29 is 14.3 Å². The number of hydrogen-bond acceptors (Lipinski definition) is 4. The van der Waals surface area contributed by atoms with Gasteiger partial charge in [-0.3, -0.25) is 0 Å². The van der Waals surface area contributed by atoms with E-state index in [-0.39, 0.29) is 23.6 Å². The summed E-state index contributed by atoms with van der Waals surface area (Å²) < 4.78 is 11.6. The summed E-state index contributed by atoms with van der Waals surface area (Å²) in [5.74, 6) is 0.864. The molecule has 5 atom stereocenters. The molecule has 3 nitrogen and oxygen atoms in total. The summed E-state index contributed by atoms with van der Waals surface area (Å²) in [6.07, 6.45) is 8.00. The van der Waals surface area contributed by atoms with Crippen molar-refractivity contribution in [1.29, 1.82) is 0 Å². The molecular formula is C19H26O3S. The zero-order chi connectivity index (χ0) is 16.8. The van der Waals surface area contributed by atoms with Crippen molar-refractivity contribution in [3.05, 3.63) is 23.3 Å². The van der Waals surface area contributed by atoms with Gasteiger partial charge in [-0.05, 0) is 80.6 Å². The first-order chi connectivity index (χ1) is 10.9. The van der Waals surface area contributed by atoms with Crippen molar-refractivity contribution in [2.75, 3.05) is 0 Å². The maximum absolute atomic E-state index is 11.9. The van der Waals surface area contributed by atoms with Crippen molar-refractivity contribution in [1.82, 2.24) is 0 Å². The van der Waals surface area contributed by atoms with Crippen LogP contribution in [0.25, 0.3) is 0 Å². The summed E-state index contributed by atoms with van der Waals surface area (Å²) in [6.45, 7) is 8.49. The number of rotatable bonds is 2. The number of hydrogen-bond donors (Lipinski definition) is 0. The molecule has 2 saturated carbocycles. The minimum atomic E-state index is -0.123. The minimum Gasteiger partial charge on any atom is -0.480 e. The van der Waals surface area contributed by atoms with E-state index in [1.807, 2.05) is 26.0 Å². The van der Waals surface area contributed by atoms with Crippen LogP contribution in [0.2, 0.25) is 0 Å². The fourth-order valence-electron chi connectivity index (χ4n) is 4.69. The minimum absolute atomic E-state index is 0.0225. The molecule has 4 heteroatoms. The van der Waals surface area contributed by atoms with Crippen LogP contribution in [0, 0.1) is 17.3 Å². The Kier molecular flexibility index (Phi) is 4.39. The van der Waals surface area contributed by atoms with Crippen molar-refractivity contribution in [3.8, 4) is 0 Å². The quantitative estimate of drug-likeness (QED) is 0.427. The molecule has 3 rings (SSSR count). The molecule has 2 fully saturated rings. The van der Waals surface area contributed by atoms with E-state index in [0.29, 0.717) is 16.9 Å². The third kappa shape index (κ3) is 2.75. The number of allylic oxidation sites excluding steroid dienone is 1. The van der Waals surface area contributed by atoms with Gasteiger partial charge in [0.25, 0.3) is 0 Å². The summed E-state index contributed by atoms with van der Waals surface area (Å²) in [6, 6.07) is 0. The Morgan fingerprint density at radius 3 is 2.87 bits per heavy atom. The predicted octanol–water partition coefficient (Wildman–Crippen LogP) is 4.36. The highest BCUT2D eigenvalue weighted by Gasteiger charge is 2.53. The van der Waals surface area contributed by atoms with E-state index in [1.165, 1.54) is 5.57 Å². The van der Waals surface area contributed by atoms with Crippen molar-refractivity contribution in [3.63, 3.8) is 0 Å². The molecule has 0 saturated heterocycles. The molecule has 3 aliphatic rings. The lowest BCUT2D eigenvalue weighted by molar-refractivity contribution is -0.143. The van der Waals surface area contributed by atoms with Gasteiger partial charge in [0.15, 0.2) is 5.05 Å². The molecule has 0 amide bonds. The number of carbonyl (C=O) groups is 1. The monoisotopic (exact) mass is 334 g/mol. The molecule has 0 aromatic carbocycles. The van der Waals surface area contributed by atoms with Gasteiger partial charge in [-0.1, -0.05) is 19.9 Å². The number of thiocarbonyl (C=S) groups is 1. The average molecular weight is 334 g/mol. The van der Waals surface area contributed by atoms with Gasteiger partial charge in [-0.15, -0.1) is 0 Å². The largest absolute Gasteiger partial charge is 0.480 e. The molecule has 23 heavy (non-hydrogen) atoms. The van der Waals surface area contributed by atoms with Gasteiger partial charge >= 0.3 is 5.97 Å². The lowest BCUT2D eigenvalue weighted by Crippen LogP contribution is -2.50. The molecule has 0 aromatic heterocycles. The highest BCUT2D eigenvalue weighted by Crippen LogP contribution is 2.57. The zero-order valence-corrected chi connectivity index (χ0v) is 15.2. The van der Waals surface area contributed by atoms with E-state index in [2.05, 4.69) is 13.8 Å². The number of ether oxygens (including phenoxy) is 2. The fraction of sp³-hybridized carbons (Fsp3) is 0.684. The Labute approximate surface area is 144 Å².